The molecule has 110 valence electrons. The van der Waals surface area contributed by atoms with E-state index in [0.717, 1.165) is 0 Å². The Morgan fingerprint density at radius 3 is 2.50 bits per heavy atom. The fourth-order valence-electron chi connectivity index (χ4n) is 1.68. The lowest BCUT2D eigenvalue weighted by Crippen LogP contribution is -2.16. The molecule has 0 radical (unpaired) electrons. The molecule has 0 bridgehead atoms. The van der Waals surface area contributed by atoms with Gasteiger partial charge in [-0.15, -0.1) is 0 Å². The summed E-state index contributed by atoms with van der Waals surface area (Å²) in [7, 11) is -3.61. The van der Waals surface area contributed by atoms with Crippen LogP contribution in [0.25, 0.3) is 10.4 Å². The first kappa shape index (κ1) is 15.8. The van der Waals surface area contributed by atoms with Crippen molar-refractivity contribution in [1.29, 1.82) is 0 Å². The van der Waals surface area contributed by atoms with Gasteiger partial charge < -0.3 is 24.2 Å². The molecule has 2 rings (SSSR count). The third-order valence-corrected chi connectivity index (χ3v) is 6.47. The van der Waals surface area contributed by atoms with Crippen molar-refractivity contribution in [2.75, 3.05) is 18.9 Å². The van der Waals surface area contributed by atoms with Crippen LogP contribution in [-0.2, 0) is 13.6 Å². The highest BCUT2D eigenvalue weighted by atomic mass is 32.1. The van der Waals surface area contributed by atoms with Gasteiger partial charge in [-0.1, -0.05) is 23.6 Å². The number of nitrogens with one attached hydrogen (secondary N) is 1. The van der Waals surface area contributed by atoms with Crippen LogP contribution in [0.1, 0.15) is 13.8 Å². The summed E-state index contributed by atoms with van der Waals surface area (Å²) < 4.78 is 30.1. The summed E-state index contributed by atoms with van der Waals surface area (Å²) in [6.45, 7) is 3.82. The maximum atomic E-state index is 12.8. The molecule has 0 spiro atoms. The number of H-pyrrole nitrogens is 1. The molecule has 0 fully saturated rings. The van der Waals surface area contributed by atoms with Crippen molar-refractivity contribution in [3.05, 3.63) is 8.46 Å². The molecule has 2 aromatic heterocycles. The maximum Gasteiger partial charge on any atom is 0.368 e. The molecule has 6 nitrogen and oxygen atoms in total. The average molecular weight is 352 g/mol. The lowest BCUT2D eigenvalue weighted by Gasteiger charge is -2.17. The Bertz CT molecular complexity index is 784. The van der Waals surface area contributed by atoms with Crippen LogP contribution in [0, 0.1) is 8.46 Å². The second-order valence-electron chi connectivity index (χ2n) is 3.65. The van der Waals surface area contributed by atoms with E-state index < -0.39 is 7.60 Å². The molecule has 20 heavy (non-hydrogen) atoms. The van der Waals surface area contributed by atoms with Crippen molar-refractivity contribution in [2.24, 2.45) is 0 Å². The molecule has 0 atom stereocenters. The number of anilines is 1. The van der Waals surface area contributed by atoms with Gasteiger partial charge >= 0.3 is 7.60 Å². The highest BCUT2D eigenvalue weighted by molar-refractivity contribution is 7.74. The monoisotopic (exact) mass is 352 g/mol. The zero-order valence-electron chi connectivity index (χ0n) is 10.8. The largest absolute Gasteiger partial charge is 0.423 e. The number of nitrogens with two attached hydrogens (primary N) is 1. The Hall–Kier alpha value is -0.570. The van der Waals surface area contributed by atoms with E-state index in [1.54, 1.807) is 13.8 Å². The topological polar surface area (TPSA) is 90.5 Å². The normalized spacial score (nSPS) is 12.1. The van der Waals surface area contributed by atoms with Gasteiger partial charge in [-0.3, -0.25) is 4.57 Å². The number of rotatable bonds is 5. The molecule has 0 saturated heterocycles. The van der Waals surface area contributed by atoms with Crippen LogP contribution in [0.3, 0.4) is 0 Å². The van der Waals surface area contributed by atoms with Crippen LogP contribution >= 0.6 is 43.4 Å². The molecule has 0 amide bonds. The van der Waals surface area contributed by atoms with Crippen LogP contribution < -0.4 is 11.0 Å². The summed E-state index contributed by atoms with van der Waals surface area (Å²) in [6.07, 6.45) is 0. The SMILES string of the molecule is CCOP(=O)(OCC)c1c(N)oc2[nH]c(=S)sc2c1=S. The van der Waals surface area contributed by atoms with Gasteiger partial charge in [-0.05, 0) is 26.1 Å². The van der Waals surface area contributed by atoms with Gasteiger partial charge in [0.15, 0.2) is 3.95 Å². The van der Waals surface area contributed by atoms with Crippen LogP contribution in [0.2, 0.25) is 0 Å². The van der Waals surface area contributed by atoms with Crippen molar-refractivity contribution in [2.45, 2.75) is 13.8 Å². The quantitative estimate of drug-likeness (QED) is 0.625. The number of fused-ring (bicyclic) bond motifs is 1. The van der Waals surface area contributed by atoms with Gasteiger partial charge in [0.1, 0.15) is 10.0 Å². The van der Waals surface area contributed by atoms with E-state index in [1.807, 2.05) is 0 Å². The molecule has 0 saturated carbocycles. The predicted molar refractivity (Wildman–Crippen MR) is 85.0 cm³/mol. The van der Waals surface area contributed by atoms with Gasteiger partial charge in [0, 0.05) is 0 Å². The van der Waals surface area contributed by atoms with Crippen molar-refractivity contribution >= 4 is 65.0 Å². The average Bonchev–Trinajstić information content (AvgIpc) is 2.70. The zero-order valence-corrected chi connectivity index (χ0v) is 14.1. The van der Waals surface area contributed by atoms with E-state index in [9.17, 15) is 4.57 Å². The molecule has 2 aromatic rings. The number of aromatic nitrogens is 1. The molecular weight excluding hydrogens is 339 g/mol. The van der Waals surface area contributed by atoms with Gasteiger partial charge in [0.25, 0.3) is 0 Å². The van der Waals surface area contributed by atoms with Gasteiger partial charge in [-0.2, -0.15) is 0 Å². The molecule has 2 heterocycles. The van der Waals surface area contributed by atoms with Crippen molar-refractivity contribution < 1.29 is 18.0 Å². The Balaban J connectivity index is 2.78. The Kier molecular flexibility index (Phi) is 4.78. The third-order valence-electron chi connectivity index (χ3n) is 2.36. The van der Waals surface area contributed by atoms with Gasteiger partial charge in [-0.25, -0.2) is 0 Å². The summed E-state index contributed by atoms with van der Waals surface area (Å²) in [5, 5.41) is 0.0916. The van der Waals surface area contributed by atoms with Crippen molar-refractivity contribution in [3.8, 4) is 0 Å². The molecule has 0 unspecified atom stereocenters. The minimum atomic E-state index is -3.61. The fourth-order valence-corrected chi connectivity index (χ4v) is 5.15. The first-order valence-electron chi connectivity index (χ1n) is 5.78. The van der Waals surface area contributed by atoms with E-state index >= 15 is 0 Å². The summed E-state index contributed by atoms with van der Waals surface area (Å²) in [6, 6.07) is 0. The summed E-state index contributed by atoms with van der Waals surface area (Å²) in [5.41, 5.74) is 6.19. The van der Waals surface area contributed by atoms with Gasteiger partial charge in [0.2, 0.25) is 11.6 Å². The van der Waals surface area contributed by atoms with Crippen LogP contribution in [-0.4, -0.2) is 18.2 Å². The highest BCUT2D eigenvalue weighted by Gasteiger charge is 2.33. The maximum absolute atomic E-state index is 12.8. The number of aromatic amines is 1. The van der Waals surface area contributed by atoms with E-state index in [1.165, 1.54) is 11.3 Å². The summed E-state index contributed by atoms with van der Waals surface area (Å²) in [4.78, 5) is 2.83. The van der Waals surface area contributed by atoms with E-state index in [-0.39, 0.29) is 28.9 Å². The van der Waals surface area contributed by atoms with E-state index in [2.05, 4.69) is 4.98 Å². The molecule has 3 N–H and O–H groups in total. The summed E-state index contributed by atoms with van der Waals surface area (Å²) in [5.74, 6) is -0.0863. The fraction of sp³-hybridized carbons (Fsp3) is 0.400. The Morgan fingerprint density at radius 2 is 1.95 bits per heavy atom. The first-order valence-corrected chi connectivity index (χ1v) is 8.95. The number of nitrogen functional groups attached to an aromatic ring is 1. The minimum absolute atomic E-state index is 0.0863. The van der Waals surface area contributed by atoms with Crippen LogP contribution in [0.4, 0.5) is 5.88 Å². The summed E-state index contributed by atoms with van der Waals surface area (Å²) >= 11 is 11.6. The lowest BCUT2D eigenvalue weighted by molar-refractivity contribution is 0.229. The van der Waals surface area contributed by atoms with E-state index in [0.29, 0.717) is 14.4 Å². The van der Waals surface area contributed by atoms with Crippen molar-refractivity contribution in [1.82, 2.24) is 4.98 Å². The molecule has 0 aliphatic heterocycles. The molecule has 0 aliphatic carbocycles. The molecule has 10 heteroatoms. The van der Waals surface area contributed by atoms with E-state index in [4.69, 9.17) is 43.6 Å². The van der Waals surface area contributed by atoms with Crippen LogP contribution in [0.15, 0.2) is 4.42 Å². The predicted octanol–water partition coefficient (Wildman–Crippen LogP) is 3.75. The smallest absolute Gasteiger partial charge is 0.368 e. The minimum Gasteiger partial charge on any atom is -0.423 e. The highest BCUT2D eigenvalue weighted by Crippen LogP contribution is 2.49. The third kappa shape index (κ3) is 2.74. The second kappa shape index (κ2) is 6.05. The molecule has 0 aliphatic rings. The molecule has 0 aromatic carbocycles. The first-order chi connectivity index (χ1) is 9.42. The second-order valence-corrected chi connectivity index (χ2v) is 7.70. The number of hydrogen-bond donors (Lipinski definition) is 2. The number of hydrogen-bond acceptors (Lipinski definition) is 8. The van der Waals surface area contributed by atoms with Gasteiger partial charge in [0.05, 0.1) is 17.7 Å². The molecular formula is C10H13N2O4PS3. The number of thiazole rings is 1. The zero-order chi connectivity index (χ0) is 14.9. The lowest BCUT2D eigenvalue weighted by atomic mass is 10.5. The van der Waals surface area contributed by atoms with Crippen LogP contribution in [0.5, 0.6) is 0 Å². The van der Waals surface area contributed by atoms with Crippen molar-refractivity contribution in [3.63, 3.8) is 0 Å². The standard InChI is InChI=1S/C10H13N2O4PS3/c1-3-14-17(13,15-4-2)5-6(18)7-9(16-8(5)11)12-10(19)20-7/h3-4,11H2,1-2H3,(H,12,19). The Morgan fingerprint density at radius 1 is 1.35 bits per heavy atom. The Labute approximate surface area is 129 Å².